The molecule has 2 saturated carbocycles. The Hall–Kier alpha value is -1.16. The minimum Gasteiger partial charge on any atom is -0.380 e. The molecule has 4 fully saturated rings. The standard InChI is InChI=1S/C35H56N4O3S/c1-25-38(28-14-10-6-3-4-7-11-15-28)23-32(43-25)35(40)36-31-21-19-26-22-27(18-20-30(26)31)34-37-33(24-41-2)42-39(34)29-16-12-8-5-9-13-17-29/h18,20,22,25,28-29,31-34,37H,3-17,19,21,23-24H2,1-2H3,(H,36,40)/t25?,31-,32?,33?,34?/m1/s1. The lowest BCUT2D eigenvalue weighted by Crippen LogP contribution is -2.41. The van der Waals surface area contributed by atoms with Crippen LogP contribution in [0.4, 0.5) is 0 Å². The predicted molar refractivity (Wildman–Crippen MR) is 174 cm³/mol. The second-order valence-electron chi connectivity index (χ2n) is 13.8. The number of nitrogens with zero attached hydrogens (tertiary/aromatic N) is 2. The molecule has 1 aromatic rings. The molecule has 0 bridgehead atoms. The van der Waals surface area contributed by atoms with Gasteiger partial charge in [-0.25, -0.2) is 0 Å². The maximum absolute atomic E-state index is 13.6. The van der Waals surface area contributed by atoms with Gasteiger partial charge in [-0.2, -0.15) is 5.06 Å². The SMILES string of the molecule is COCC1NC(c2ccc3c(c2)CC[C@H]3NC(=O)C2CN(C3CCCCCCCC3)C(C)S2)N(C2CCCCCCC2)O1. The van der Waals surface area contributed by atoms with E-state index >= 15 is 0 Å². The van der Waals surface area contributed by atoms with Crippen LogP contribution >= 0.6 is 11.8 Å². The number of nitrogens with one attached hydrogen (secondary N) is 2. The Balaban J connectivity index is 1.09. The van der Waals surface area contributed by atoms with Gasteiger partial charge in [-0.05, 0) is 62.1 Å². The molecule has 240 valence electrons. The van der Waals surface area contributed by atoms with Crippen LogP contribution in [0.5, 0.6) is 0 Å². The van der Waals surface area contributed by atoms with Gasteiger partial charge in [-0.15, -0.1) is 11.8 Å². The van der Waals surface area contributed by atoms with Gasteiger partial charge in [0.15, 0.2) is 6.23 Å². The van der Waals surface area contributed by atoms with Crippen LogP contribution in [0.3, 0.4) is 0 Å². The molecule has 4 unspecified atom stereocenters. The summed E-state index contributed by atoms with van der Waals surface area (Å²) in [6, 6.07) is 8.10. The van der Waals surface area contributed by atoms with Gasteiger partial charge in [0.1, 0.15) is 6.17 Å². The summed E-state index contributed by atoms with van der Waals surface area (Å²) < 4.78 is 5.46. The third kappa shape index (κ3) is 7.81. The molecule has 3 aliphatic carbocycles. The first-order valence-corrected chi connectivity index (χ1v) is 18.6. The van der Waals surface area contributed by atoms with Crippen molar-refractivity contribution in [1.29, 1.82) is 0 Å². The minimum absolute atomic E-state index is 0.0286. The topological polar surface area (TPSA) is 66.1 Å². The van der Waals surface area contributed by atoms with E-state index in [4.69, 9.17) is 9.57 Å². The number of hydrogen-bond acceptors (Lipinski definition) is 7. The van der Waals surface area contributed by atoms with Crippen LogP contribution in [0.25, 0.3) is 0 Å². The Morgan fingerprint density at radius 2 is 1.60 bits per heavy atom. The molecule has 7 nitrogen and oxygen atoms in total. The van der Waals surface area contributed by atoms with Crippen molar-refractivity contribution in [3.63, 3.8) is 0 Å². The second-order valence-corrected chi connectivity index (χ2v) is 15.3. The summed E-state index contributed by atoms with van der Waals surface area (Å²) in [7, 11) is 1.74. The molecule has 5 atom stereocenters. The average Bonchev–Trinajstić information content (AvgIpc) is 3.71. The zero-order valence-electron chi connectivity index (χ0n) is 26.7. The molecule has 0 radical (unpaired) electrons. The number of aryl methyl sites for hydroxylation is 1. The van der Waals surface area contributed by atoms with Crippen molar-refractivity contribution in [2.45, 2.75) is 157 Å². The monoisotopic (exact) mass is 612 g/mol. The third-order valence-electron chi connectivity index (χ3n) is 10.8. The van der Waals surface area contributed by atoms with E-state index in [0.29, 0.717) is 24.1 Å². The fourth-order valence-corrected chi connectivity index (χ4v) is 9.74. The van der Waals surface area contributed by atoms with Gasteiger partial charge in [-0.3, -0.25) is 19.8 Å². The summed E-state index contributed by atoms with van der Waals surface area (Å²) in [6.07, 6.45) is 21.6. The van der Waals surface area contributed by atoms with E-state index in [9.17, 15) is 4.79 Å². The average molecular weight is 613 g/mol. The van der Waals surface area contributed by atoms with Crippen molar-refractivity contribution < 1.29 is 14.4 Å². The lowest BCUT2D eigenvalue weighted by atomic mass is 9.95. The summed E-state index contributed by atoms with van der Waals surface area (Å²) >= 11 is 1.87. The lowest BCUT2D eigenvalue weighted by Gasteiger charge is -2.32. The van der Waals surface area contributed by atoms with Gasteiger partial charge < -0.3 is 10.1 Å². The molecule has 2 N–H and O–H groups in total. The van der Waals surface area contributed by atoms with Crippen molar-refractivity contribution in [2.24, 2.45) is 0 Å². The zero-order valence-corrected chi connectivity index (χ0v) is 27.6. The van der Waals surface area contributed by atoms with E-state index < -0.39 is 0 Å². The molecule has 2 heterocycles. The summed E-state index contributed by atoms with van der Waals surface area (Å²) in [6.45, 7) is 3.75. The smallest absolute Gasteiger partial charge is 0.234 e. The predicted octanol–water partition coefficient (Wildman–Crippen LogP) is 6.98. The third-order valence-corrected chi connectivity index (χ3v) is 12.1. The molecule has 6 rings (SSSR count). The number of fused-ring (bicyclic) bond motifs is 1. The normalized spacial score (nSPS) is 32.5. The number of hydrogen-bond donors (Lipinski definition) is 2. The minimum atomic E-state index is -0.126. The van der Waals surface area contributed by atoms with Crippen molar-refractivity contribution in [3.05, 3.63) is 34.9 Å². The molecule has 0 aromatic heterocycles. The second kappa shape index (κ2) is 15.4. The van der Waals surface area contributed by atoms with Crippen LogP contribution in [0.2, 0.25) is 0 Å². The Bertz CT molecular complexity index is 1040. The quantitative estimate of drug-likeness (QED) is 0.345. The van der Waals surface area contributed by atoms with Gasteiger partial charge in [0.05, 0.1) is 23.3 Å². The number of carbonyl (C=O) groups excluding carboxylic acids is 1. The highest BCUT2D eigenvalue weighted by Gasteiger charge is 2.41. The van der Waals surface area contributed by atoms with Crippen molar-refractivity contribution in [1.82, 2.24) is 20.6 Å². The van der Waals surface area contributed by atoms with E-state index in [1.165, 1.54) is 113 Å². The van der Waals surface area contributed by atoms with Crippen molar-refractivity contribution >= 4 is 17.7 Å². The first-order valence-electron chi connectivity index (χ1n) is 17.6. The molecule has 1 amide bonds. The number of hydroxylamine groups is 2. The van der Waals surface area contributed by atoms with Crippen molar-refractivity contribution in [3.8, 4) is 0 Å². The molecule has 2 aliphatic heterocycles. The maximum Gasteiger partial charge on any atom is 0.234 e. The van der Waals surface area contributed by atoms with E-state index in [1.807, 2.05) is 11.8 Å². The molecule has 8 heteroatoms. The molecule has 0 spiro atoms. The highest BCUT2D eigenvalue weighted by atomic mass is 32.2. The van der Waals surface area contributed by atoms with E-state index in [-0.39, 0.29) is 29.6 Å². The number of thioether (sulfide) groups is 1. The molecule has 43 heavy (non-hydrogen) atoms. The van der Waals surface area contributed by atoms with Crippen LogP contribution in [0, 0.1) is 0 Å². The Morgan fingerprint density at radius 3 is 2.28 bits per heavy atom. The number of methoxy groups -OCH3 is 1. The summed E-state index contributed by atoms with van der Waals surface area (Å²) in [5.74, 6) is 0.230. The van der Waals surface area contributed by atoms with Gasteiger partial charge in [0.2, 0.25) is 5.91 Å². The number of benzene rings is 1. The Labute approximate surface area is 264 Å². The summed E-state index contributed by atoms with van der Waals surface area (Å²) in [5, 5.41) is 9.90. The Morgan fingerprint density at radius 1 is 0.953 bits per heavy atom. The highest BCUT2D eigenvalue weighted by molar-refractivity contribution is 8.01. The van der Waals surface area contributed by atoms with E-state index in [0.717, 1.165) is 19.4 Å². The first-order chi connectivity index (χ1) is 21.1. The Kier molecular flexibility index (Phi) is 11.4. The molecule has 5 aliphatic rings. The maximum atomic E-state index is 13.6. The number of carbonyl (C=O) groups is 1. The fourth-order valence-electron chi connectivity index (χ4n) is 8.40. The number of rotatable bonds is 7. The van der Waals surface area contributed by atoms with Crippen LogP contribution in [-0.4, -0.2) is 65.1 Å². The lowest BCUT2D eigenvalue weighted by molar-refractivity contribution is -0.202. The van der Waals surface area contributed by atoms with Crippen LogP contribution in [-0.2, 0) is 20.8 Å². The molecule has 2 saturated heterocycles. The number of amides is 1. The first kappa shape index (κ1) is 31.8. The molecular weight excluding hydrogens is 556 g/mol. The van der Waals surface area contributed by atoms with Crippen LogP contribution < -0.4 is 10.6 Å². The summed E-state index contributed by atoms with van der Waals surface area (Å²) in [4.78, 5) is 22.7. The number of ether oxygens (including phenoxy) is 1. The fraction of sp³-hybridized carbons (Fsp3) is 0.800. The van der Waals surface area contributed by atoms with Crippen molar-refractivity contribution in [2.75, 3.05) is 20.3 Å². The van der Waals surface area contributed by atoms with Crippen LogP contribution in [0.15, 0.2) is 18.2 Å². The molecule has 1 aromatic carbocycles. The van der Waals surface area contributed by atoms with Gasteiger partial charge in [0.25, 0.3) is 0 Å². The van der Waals surface area contributed by atoms with Gasteiger partial charge in [0, 0.05) is 25.7 Å². The zero-order chi connectivity index (χ0) is 29.6. The largest absolute Gasteiger partial charge is 0.380 e. The molecular formula is C35H56N4O3S. The van der Waals surface area contributed by atoms with Crippen LogP contribution in [0.1, 0.15) is 139 Å². The highest BCUT2D eigenvalue weighted by Crippen LogP contribution is 2.39. The van der Waals surface area contributed by atoms with Gasteiger partial charge >= 0.3 is 0 Å². The van der Waals surface area contributed by atoms with E-state index in [2.05, 4.69) is 45.7 Å². The van der Waals surface area contributed by atoms with E-state index in [1.54, 1.807) is 7.11 Å². The van der Waals surface area contributed by atoms with Gasteiger partial charge in [-0.1, -0.05) is 88.8 Å². The summed E-state index contributed by atoms with van der Waals surface area (Å²) in [5.41, 5.74) is 3.93.